The maximum absolute atomic E-state index is 12.1. The van der Waals surface area contributed by atoms with Crippen molar-refractivity contribution >= 4 is 41.8 Å². The Hall–Kier alpha value is -2.62. The third-order valence-electron chi connectivity index (χ3n) is 5.68. The summed E-state index contributed by atoms with van der Waals surface area (Å²) in [5.41, 5.74) is 4.49. The Kier molecular flexibility index (Phi) is 10.6. The molecule has 1 aliphatic carbocycles. The summed E-state index contributed by atoms with van der Waals surface area (Å²) in [5, 5.41) is 9.54. The van der Waals surface area contributed by atoms with Gasteiger partial charge in [-0.05, 0) is 54.5 Å². The van der Waals surface area contributed by atoms with Crippen molar-refractivity contribution in [2.45, 2.75) is 31.7 Å². The Balaban J connectivity index is 0.00000385. The van der Waals surface area contributed by atoms with E-state index < -0.39 is 0 Å². The summed E-state index contributed by atoms with van der Waals surface area (Å²) < 4.78 is 0. The van der Waals surface area contributed by atoms with E-state index in [9.17, 15) is 9.59 Å². The summed E-state index contributed by atoms with van der Waals surface area (Å²) in [7, 11) is 5.09. The third kappa shape index (κ3) is 8.03. The molecule has 0 saturated heterocycles. The number of nitrogens with zero attached hydrogens (tertiary/aromatic N) is 2. The predicted molar refractivity (Wildman–Crippen MR) is 143 cm³/mol. The van der Waals surface area contributed by atoms with Crippen molar-refractivity contribution in [1.29, 1.82) is 0 Å². The highest BCUT2D eigenvalue weighted by Gasteiger charge is 2.19. The zero-order valence-electron chi connectivity index (χ0n) is 19.6. The number of aliphatic imine (C=N–C) groups is 1. The summed E-state index contributed by atoms with van der Waals surface area (Å²) in [4.78, 5) is 30.0. The van der Waals surface area contributed by atoms with Gasteiger partial charge in [0.15, 0.2) is 5.96 Å². The fraction of sp³-hybridized carbons (Fsp3) is 0.400. The first-order chi connectivity index (χ1) is 15.5. The van der Waals surface area contributed by atoms with Crippen LogP contribution in [0.5, 0.6) is 0 Å². The molecule has 0 fully saturated rings. The second-order valence-electron chi connectivity index (χ2n) is 8.26. The molecule has 0 spiro atoms. The van der Waals surface area contributed by atoms with Crippen LogP contribution in [-0.4, -0.2) is 62.9 Å². The van der Waals surface area contributed by atoms with Crippen LogP contribution in [0.2, 0.25) is 0 Å². The first kappa shape index (κ1) is 26.6. The Morgan fingerprint density at radius 3 is 2.58 bits per heavy atom. The summed E-state index contributed by atoms with van der Waals surface area (Å²) in [6, 6.07) is 16.4. The smallest absolute Gasteiger partial charge is 0.251 e. The molecule has 8 heteroatoms. The molecule has 178 valence electrons. The number of aryl methyl sites for hydroxylation is 1. The Bertz CT molecular complexity index is 977. The molecular formula is C25H34IN5O2. The van der Waals surface area contributed by atoms with Gasteiger partial charge in [0, 0.05) is 39.3 Å². The van der Waals surface area contributed by atoms with Crippen molar-refractivity contribution in [3.05, 3.63) is 70.8 Å². The second kappa shape index (κ2) is 13.2. The van der Waals surface area contributed by atoms with Crippen molar-refractivity contribution in [2.75, 3.05) is 34.2 Å². The number of rotatable bonds is 7. The van der Waals surface area contributed by atoms with Gasteiger partial charge in [-0.25, -0.2) is 4.99 Å². The van der Waals surface area contributed by atoms with E-state index in [0.717, 1.165) is 31.2 Å². The molecule has 33 heavy (non-hydrogen) atoms. The number of amides is 2. The highest BCUT2D eigenvalue weighted by molar-refractivity contribution is 14.0. The minimum Gasteiger partial charge on any atom is -0.356 e. The minimum atomic E-state index is -0.0940. The first-order valence-electron chi connectivity index (χ1n) is 11.1. The van der Waals surface area contributed by atoms with Crippen LogP contribution < -0.4 is 16.0 Å². The quantitative estimate of drug-likeness (QED) is 0.275. The molecule has 1 unspecified atom stereocenters. The SMILES string of the molecule is CNC(=O)c1cccc(CCNC(=NCC(=O)N(C)C)NC2CCc3ccccc3C2)c1.I. The lowest BCUT2D eigenvalue weighted by Gasteiger charge is -2.27. The average molecular weight is 563 g/mol. The molecule has 1 aliphatic rings. The van der Waals surface area contributed by atoms with E-state index in [2.05, 4.69) is 45.2 Å². The molecule has 0 aromatic heterocycles. The predicted octanol–water partition coefficient (Wildman–Crippen LogP) is 2.39. The van der Waals surface area contributed by atoms with Crippen LogP contribution in [-0.2, 0) is 24.1 Å². The number of fused-ring (bicyclic) bond motifs is 1. The van der Waals surface area contributed by atoms with E-state index in [-0.39, 0.29) is 48.4 Å². The number of nitrogens with one attached hydrogen (secondary N) is 3. The van der Waals surface area contributed by atoms with Gasteiger partial charge >= 0.3 is 0 Å². The largest absolute Gasteiger partial charge is 0.356 e. The van der Waals surface area contributed by atoms with Crippen LogP contribution >= 0.6 is 24.0 Å². The molecule has 2 amide bonds. The highest BCUT2D eigenvalue weighted by Crippen LogP contribution is 2.20. The van der Waals surface area contributed by atoms with Crippen molar-refractivity contribution in [3.63, 3.8) is 0 Å². The molecule has 1 atom stereocenters. The summed E-state index contributed by atoms with van der Waals surface area (Å²) in [6.07, 6.45) is 3.73. The number of benzene rings is 2. The maximum Gasteiger partial charge on any atom is 0.251 e. The molecule has 0 heterocycles. The number of carbonyl (C=O) groups excluding carboxylic acids is 2. The molecule has 2 aromatic carbocycles. The topological polar surface area (TPSA) is 85.8 Å². The van der Waals surface area contributed by atoms with Crippen LogP contribution in [0.25, 0.3) is 0 Å². The van der Waals surface area contributed by atoms with Crippen LogP contribution in [0.4, 0.5) is 0 Å². The average Bonchev–Trinajstić information content (AvgIpc) is 2.81. The van der Waals surface area contributed by atoms with Gasteiger partial charge in [-0.15, -0.1) is 24.0 Å². The lowest BCUT2D eigenvalue weighted by atomic mass is 9.88. The number of halogens is 1. The number of hydrogen-bond acceptors (Lipinski definition) is 3. The molecule has 7 nitrogen and oxygen atoms in total. The van der Waals surface area contributed by atoms with E-state index in [1.54, 1.807) is 32.1 Å². The standard InChI is InChI=1S/C25H33N5O2.HI/c1-26-24(32)21-10-6-7-18(15-21)13-14-27-25(28-17-23(31)30(2)3)29-22-12-11-19-8-4-5-9-20(19)16-22;/h4-10,15,22H,11-14,16-17H2,1-3H3,(H,26,32)(H2,27,28,29);1H. The number of hydrogen-bond donors (Lipinski definition) is 3. The monoisotopic (exact) mass is 563 g/mol. The molecule has 0 aliphatic heterocycles. The molecule has 3 N–H and O–H groups in total. The van der Waals surface area contributed by atoms with Crippen molar-refractivity contribution in [2.24, 2.45) is 4.99 Å². The van der Waals surface area contributed by atoms with Crippen molar-refractivity contribution in [1.82, 2.24) is 20.9 Å². The first-order valence-corrected chi connectivity index (χ1v) is 11.1. The van der Waals surface area contributed by atoms with E-state index in [0.29, 0.717) is 18.1 Å². The second-order valence-corrected chi connectivity index (χ2v) is 8.26. The molecule has 3 rings (SSSR count). The lowest BCUT2D eigenvalue weighted by Crippen LogP contribution is -2.46. The zero-order chi connectivity index (χ0) is 22.9. The van der Waals surface area contributed by atoms with Gasteiger partial charge in [-0.2, -0.15) is 0 Å². The fourth-order valence-corrected chi connectivity index (χ4v) is 3.79. The fourth-order valence-electron chi connectivity index (χ4n) is 3.79. The van der Waals surface area contributed by atoms with E-state index >= 15 is 0 Å². The van der Waals surface area contributed by atoms with E-state index in [4.69, 9.17) is 0 Å². The van der Waals surface area contributed by atoms with Gasteiger partial charge in [0.05, 0.1) is 0 Å². The normalized spacial score (nSPS) is 15.0. The van der Waals surface area contributed by atoms with Gasteiger partial charge in [0.2, 0.25) is 5.91 Å². The Morgan fingerprint density at radius 2 is 1.85 bits per heavy atom. The molecule has 0 bridgehead atoms. The number of guanidine groups is 1. The Labute approximate surface area is 213 Å². The molecule has 2 aromatic rings. The van der Waals surface area contributed by atoms with Crippen molar-refractivity contribution in [3.8, 4) is 0 Å². The maximum atomic E-state index is 12.1. The molecular weight excluding hydrogens is 529 g/mol. The van der Waals surface area contributed by atoms with Crippen LogP contribution in [0.3, 0.4) is 0 Å². The van der Waals surface area contributed by atoms with Crippen molar-refractivity contribution < 1.29 is 9.59 Å². The van der Waals surface area contributed by atoms with Gasteiger partial charge in [-0.1, -0.05) is 36.4 Å². The van der Waals surface area contributed by atoms with Crippen LogP contribution in [0, 0.1) is 0 Å². The van der Waals surface area contributed by atoms with E-state index in [1.807, 2.05) is 18.2 Å². The highest BCUT2D eigenvalue weighted by atomic mass is 127. The van der Waals surface area contributed by atoms with Gasteiger partial charge in [-0.3, -0.25) is 9.59 Å². The Morgan fingerprint density at radius 1 is 1.09 bits per heavy atom. The van der Waals surface area contributed by atoms with Crippen LogP contribution in [0.15, 0.2) is 53.5 Å². The number of carbonyl (C=O) groups is 2. The summed E-state index contributed by atoms with van der Waals surface area (Å²) >= 11 is 0. The summed E-state index contributed by atoms with van der Waals surface area (Å²) in [6.45, 7) is 0.736. The zero-order valence-corrected chi connectivity index (χ0v) is 21.9. The van der Waals surface area contributed by atoms with Crippen LogP contribution in [0.1, 0.15) is 33.5 Å². The number of likely N-dealkylation sites (N-methyl/N-ethyl adjacent to an activating group) is 1. The third-order valence-corrected chi connectivity index (χ3v) is 5.68. The van der Waals surface area contributed by atoms with Gasteiger partial charge < -0.3 is 20.9 Å². The van der Waals surface area contributed by atoms with E-state index in [1.165, 1.54) is 11.1 Å². The molecule has 0 saturated carbocycles. The lowest BCUT2D eigenvalue weighted by molar-refractivity contribution is -0.127. The minimum absolute atomic E-state index is 0. The van der Waals surface area contributed by atoms with Gasteiger partial charge in [0.1, 0.15) is 6.54 Å². The van der Waals surface area contributed by atoms with Gasteiger partial charge in [0.25, 0.3) is 5.91 Å². The molecule has 0 radical (unpaired) electrons. The summed E-state index contributed by atoms with van der Waals surface area (Å²) in [5.74, 6) is 0.508.